The van der Waals surface area contributed by atoms with Crippen LogP contribution in [0.2, 0.25) is 0 Å². The Morgan fingerprint density at radius 1 is 1.07 bits per heavy atom. The summed E-state index contributed by atoms with van der Waals surface area (Å²) in [5.41, 5.74) is 0.708. The average Bonchev–Trinajstić information content (AvgIpc) is 2.67. The van der Waals surface area contributed by atoms with E-state index >= 15 is 0 Å². The Morgan fingerprint density at radius 2 is 1.77 bits per heavy atom. The van der Waals surface area contributed by atoms with Crippen LogP contribution in [0.3, 0.4) is 0 Å². The van der Waals surface area contributed by atoms with Crippen LogP contribution in [0.1, 0.15) is 48.0 Å². The maximum atomic E-state index is 14.1. The highest BCUT2D eigenvalue weighted by Crippen LogP contribution is 2.40. The lowest BCUT2D eigenvalue weighted by Crippen LogP contribution is -2.54. The first-order chi connectivity index (χ1) is 14.4. The van der Waals surface area contributed by atoms with Crippen LogP contribution in [0.15, 0.2) is 30.3 Å². The van der Waals surface area contributed by atoms with Crippen LogP contribution < -0.4 is 4.74 Å². The van der Waals surface area contributed by atoms with Crippen molar-refractivity contribution in [2.45, 2.75) is 50.5 Å². The average molecular weight is 415 g/mol. The summed E-state index contributed by atoms with van der Waals surface area (Å²) in [6.07, 6.45) is 5.53. The van der Waals surface area contributed by atoms with Crippen molar-refractivity contribution in [3.05, 3.63) is 53.1 Å². The van der Waals surface area contributed by atoms with Crippen LogP contribution in [0.5, 0.6) is 5.75 Å². The molecule has 30 heavy (non-hydrogen) atoms. The van der Waals surface area contributed by atoms with E-state index in [1.807, 2.05) is 0 Å². The zero-order valence-corrected chi connectivity index (χ0v) is 16.5. The Labute approximate surface area is 173 Å². The van der Waals surface area contributed by atoms with E-state index in [4.69, 9.17) is 14.6 Å². The van der Waals surface area contributed by atoms with Crippen LogP contribution in [0.25, 0.3) is 11.1 Å². The number of carbonyl (C=O) groups is 1. The fourth-order valence-corrected chi connectivity index (χ4v) is 4.58. The Balaban J connectivity index is 1.35. The molecule has 1 N–H and O–H groups in total. The van der Waals surface area contributed by atoms with E-state index in [1.165, 1.54) is 19.3 Å². The van der Waals surface area contributed by atoms with Gasteiger partial charge in [0, 0.05) is 37.5 Å². The van der Waals surface area contributed by atoms with Crippen molar-refractivity contribution in [2.24, 2.45) is 0 Å². The minimum absolute atomic E-state index is 0.270. The van der Waals surface area contributed by atoms with Gasteiger partial charge in [-0.3, -0.25) is 4.90 Å². The SMILES string of the molecule is O=C(O)c1c(F)cc(-c2ccc3c(c2)COC2(CCN(C4CCC4)CC2)O3)cc1F. The molecule has 1 spiro atoms. The third kappa shape index (κ3) is 3.36. The summed E-state index contributed by atoms with van der Waals surface area (Å²) in [5.74, 6) is -3.70. The van der Waals surface area contributed by atoms with Gasteiger partial charge < -0.3 is 14.6 Å². The predicted molar refractivity (Wildman–Crippen MR) is 105 cm³/mol. The number of halogens is 2. The Hall–Kier alpha value is -2.51. The largest absolute Gasteiger partial charge is 0.477 e. The van der Waals surface area contributed by atoms with Crippen LogP contribution in [-0.4, -0.2) is 40.9 Å². The van der Waals surface area contributed by atoms with Gasteiger partial charge >= 0.3 is 5.97 Å². The van der Waals surface area contributed by atoms with Crippen LogP contribution in [-0.2, 0) is 11.3 Å². The molecule has 0 aromatic heterocycles. The molecule has 1 aliphatic carbocycles. The van der Waals surface area contributed by atoms with Gasteiger partial charge in [-0.05, 0) is 48.2 Å². The zero-order chi connectivity index (χ0) is 20.9. The first-order valence-electron chi connectivity index (χ1n) is 10.4. The summed E-state index contributed by atoms with van der Waals surface area (Å²) in [6.45, 7) is 2.30. The number of carboxylic acids is 1. The molecule has 2 fully saturated rings. The molecular weight excluding hydrogens is 392 g/mol. The number of aromatic carboxylic acids is 1. The molecule has 2 heterocycles. The minimum atomic E-state index is -1.63. The van der Waals surface area contributed by atoms with E-state index in [2.05, 4.69) is 4.90 Å². The smallest absolute Gasteiger partial charge is 0.341 e. The second kappa shape index (κ2) is 7.32. The van der Waals surface area contributed by atoms with Crippen molar-refractivity contribution in [1.82, 2.24) is 4.90 Å². The van der Waals surface area contributed by atoms with Crippen molar-refractivity contribution < 1.29 is 28.2 Å². The van der Waals surface area contributed by atoms with Crippen LogP contribution >= 0.6 is 0 Å². The first-order valence-corrected chi connectivity index (χ1v) is 10.4. The van der Waals surface area contributed by atoms with Gasteiger partial charge in [0.2, 0.25) is 5.79 Å². The van der Waals surface area contributed by atoms with Gasteiger partial charge in [0.05, 0.1) is 6.61 Å². The third-order valence-electron chi connectivity index (χ3n) is 6.59. The third-order valence-corrected chi connectivity index (χ3v) is 6.59. The molecular formula is C23H23F2NO4. The molecule has 0 amide bonds. The Kier molecular flexibility index (Phi) is 4.75. The highest BCUT2D eigenvalue weighted by molar-refractivity contribution is 5.89. The number of hydrogen-bond donors (Lipinski definition) is 1. The monoisotopic (exact) mass is 415 g/mol. The lowest BCUT2D eigenvalue weighted by Gasteiger charge is -2.47. The maximum Gasteiger partial charge on any atom is 0.341 e. The van der Waals surface area contributed by atoms with E-state index in [0.29, 0.717) is 18.2 Å². The number of fused-ring (bicyclic) bond motifs is 1. The molecule has 1 saturated carbocycles. The lowest BCUT2D eigenvalue weighted by molar-refractivity contribution is -0.231. The second-order valence-corrected chi connectivity index (χ2v) is 8.36. The molecule has 2 aromatic carbocycles. The lowest BCUT2D eigenvalue weighted by atomic mass is 9.89. The highest BCUT2D eigenvalue weighted by Gasteiger charge is 2.42. The summed E-state index contributed by atoms with van der Waals surface area (Å²) >= 11 is 0. The van der Waals surface area contributed by atoms with E-state index in [1.54, 1.807) is 18.2 Å². The number of nitrogens with zero attached hydrogens (tertiary/aromatic N) is 1. The molecule has 7 heteroatoms. The summed E-state index contributed by atoms with van der Waals surface area (Å²) in [5, 5.41) is 8.93. The molecule has 3 aliphatic rings. The van der Waals surface area contributed by atoms with Gasteiger partial charge in [-0.2, -0.15) is 0 Å². The van der Waals surface area contributed by atoms with Gasteiger partial charge in [-0.25, -0.2) is 13.6 Å². The molecule has 5 rings (SSSR count). The van der Waals surface area contributed by atoms with Crippen LogP contribution in [0.4, 0.5) is 8.78 Å². The minimum Gasteiger partial charge on any atom is -0.477 e. The highest BCUT2D eigenvalue weighted by atomic mass is 19.1. The molecule has 2 aliphatic heterocycles. The van der Waals surface area contributed by atoms with Gasteiger partial charge in [0.25, 0.3) is 0 Å². The number of piperidine rings is 1. The van der Waals surface area contributed by atoms with Gasteiger partial charge in [-0.1, -0.05) is 12.5 Å². The van der Waals surface area contributed by atoms with Gasteiger partial charge in [-0.15, -0.1) is 0 Å². The summed E-state index contributed by atoms with van der Waals surface area (Å²) in [6, 6.07) is 8.10. The predicted octanol–water partition coefficient (Wildman–Crippen LogP) is 4.58. The molecule has 0 unspecified atom stereocenters. The zero-order valence-electron chi connectivity index (χ0n) is 16.5. The first kappa shape index (κ1) is 19.5. The fraction of sp³-hybridized carbons (Fsp3) is 0.435. The Morgan fingerprint density at radius 3 is 2.37 bits per heavy atom. The van der Waals surface area contributed by atoms with E-state index in [9.17, 15) is 13.6 Å². The number of rotatable bonds is 3. The fourth-order valence-electron chi connectivity index (χ4n) is 4.58. The van der Waals surface area contributed by atoms with Crippen molar-refractivity contribution in [2.75, 3.05) is 13.1 Å². The number of benzene rings is 2. The van der Waals surface area contributed by atoms with E-state index < -0.39 is 29.0 Å². The molecule has 0 bridgehead atoms. The Bertz CT molecular complexity index is 974. The molecule has 0 radical (unpaired) electrons. The molecule has 0 atom stereocenters. The number of ether oxygens (including phenoxy) is 2. The van der Waals surface area contributed by atoms with Crippen molar-refractivity contribution >= 4 is 5.97 Å². The van der Waals surface area contributed by atoms with E-state index in [-0.39, 0.29) is 5.56 Å². The van der Waals surface area contributed by atoms with Crippen molar-refractivity contribution in [3.8, 4) is 16.9 Å². The quantitative estimate of drug-likeness (QED) is 0.795. The maximum absolute atomic E-state index is 14.1. The normalized spacial score (nSPS) is 21.0. The second-order valence-electron chi connectivity index (χ2n) is 8.36. The van der Waals surface area contributed by atoms with E-state index in [0.717, 1.165) is 49.4 Å². The summed E-state index contributed by atoms with van der Waals surface area (Å²) in [7, 11) is 0. The molecule has 2 aromatic rings. The number of carboxylic acid groups (broad SMARTS) is 1. The van der Waals surface area contributed by atoms with Crippen molar-refractivity contribution in [3.63, 3.8) is 0 Å². The molecule has 158 valence electrons. The standard InChI is InChI=1S/C23H23F2NO4/c24-18-11-15(12-19(25)21(18)22(27)28)14-4-5-20-16(10-14)13-29-23(30-20)6-8-26(9-7-23)17-2-1-3-17/h4-5,10-12,17H,1-3,6-9,13H2,(H,27,28). The number of hydrogen-bond acceptors (Lipinski definition) is 4. The summed E-state index contributed by atoms with van der Waals surface area (Å²) < 4.78 is 40.5. The molecule has 1 saturated heterocycles. The number of likely N-dealkylation sites (tertiary alicyclic amines) is 1. The van der Waals surface area contributed by atoms with Gasteiger partial charge in [0.1, 0.15) is 22.9 Å². The van der Waals surface area contributed by atoms with Gasteiger partial charge in [0.15, 0.2) is 0 Å². The summed E-state index contributed by atoms with van der Waals surface area (Å²) in [4.78, 5) is 13.5. The topological polar surface area (TPSA) is 59.0 Å². The van der Waals surface area contributed by atoms with Crippen molar-refractivity contribution in [1.29, 1.82) is 0 Å². The molecule has 5 nitrogen and oxygen atoms in total. The van der Waals surface area contributed by atoms with Crippen LogP contribution in [0, 0.1) is 11.6 Å².